The van der Waals surface area contributed by atoms with Gasteiger partial charge in [-0.25, -0.2) is 8.42 Å². The van der Waals surface area contributed by atoms with E-state index in [1.165, 1.54) is 25.0 Å². The second-order valence-electron chi connectivity index (χ2n) is 6.54. The molecule has 1 unspecified atom stereocenters. The molecule has 2 nitrogen and oxygen atoms in total. The second kappa shape index (κ2) is 9.19. The van der Waals surface area contributed by atoms with E-state index in [1.54, 1.807) is 18.2 Å². The molecule has 0 fully saturated rings. The molecule has 0 saturated carbocycles. The van der Waals surface area contributed by atoms with Gasteiger partial charge in [-0.1, -0.05) is 59.2 Å². The van der Waals surface area contributed by atoms with Gasteiger partial charge in [0.05, 0.1) is 4.90 Å². The molecular weight excluding hydrogens is 496 g/mol. The summed E-state index contributed by atoms with van der Waals surface area (Å²) in [6.45, 7) is 11.5. The van der Waals surface area contributed by atoms with Gasteiger partial charge in [-0.3, -0.25) is 0 Å². The quantitative estimate of drug-likeness (QED) is 0.414. The molecule has 0 spiro atoms. The molecule has 0 aliphatic carbocycles. The summed E-state index contributed by atoms with van der Waals surface area (Å²) >= 11 is 8.95. The highest BCUT2D eigenvalue weighted by Gasteiger charge is 2.36. The minimum absolute atomic E-state index is 0.251. The van der Waals surface area contributed by atoms with E-state index in [0.29, 0.717) is 5.41 Å². The summed E-state index contributed by atoms with van der Waals surface area (Å²) in [6, 6.07) is 8.18. The zero-order valence-corrected chi connectivity index (χ0v) is 19.3. The largest absolute Gasteiger partial charge is 0.239 e. The molecule has 0 N–H and O–H groups in total. The van der Waals surface area contributed by atoms with Crippen molar-refractivity contribution in [1.82, 2.24) is 0 Å². The zero-order valence-electron chi connectivity index (χ0n) is 13.7. The van der Waals surface area contributed by atoms with Gasteiger partial charge in [0, 0.05) is 0 Å². The normalized spacial score (nSPS) is 14.0. The van der Waals surface area contributed by atoms with Crippen molar-refractivity contribution in [2.45, 2.75) is 53.8 Å². The van der Waals surface area contributed by atoms with E-state index in [1.807, 2.05) is 0 Å². The van der Waals surface area contributed by atoms with Crippen LogP contribution in [0, 0.1) is 11.3 Å². The predicted octanol–water partition coefficient (Wildman–Crippen LogP) is 6.73. The highest BCUT2D eigenvalue weighted by molar-refractivity contribution is 9.42. The molecule has 1 aromatic carbocycles. The summed E-state index contributed by atoms with van der Waals surface area (Å²) in [5, 5.41) is 0. The maximum Gasteiger partial charge on any atom is 0.239 e. The molecule has 128 valence electrons. The first kappa shape index (κ1) is 22.6. The topological polar surface area (TPSA) is 34.1 Å². The van der Waals surface area contributed by atoms with Gasteiger partial charge in [-0.15, -0.1) is 0 Å². The smallest absolute Gasteiger partial charge is 0.220 e. The summed E-state index contributed by atoms with van der Waals surface area (Å²) in [6.07, 6.45) is 2.67. The lowest BCUT2D eigenvalue weighted by molar-refractivity contribution is 0.302. The van der Waals surface area contributed by atoms with Gasteiger partial charge in [0.15, 0.2) is 0 Å². The molecule has 0 saturated heterocycles. The van der Waals surface area contributed by atoms with Crippen molar-refractivity contribution in [2.24, 2.45) is 11.3 Å². The number of benzene rings is 1. The lowest BCUT2D eigenvalue weighted by Gasteiger charge is -2.21. The molecule has 1 atom stereocenters. The molecule has 0 aromatic heterocycles. The molecule has 1 aromatic rings. The molecule has 0 aliphatic rings. The van der Waals surface area contributed by atoms with Crippen molar-refractivity contribution in [2.75, 3.05) is 0 Å². The Hall–Kier alpha value is 0.610. The van der Waals surface area contributed by atoms with E-state index in [0.717, 1.165) is 5.92 Å². The van der Waals surface area contributed by atoms with E-state index in [4.69, 9.17) is 0 Å². The Morgan fingerprint density at radius 3 is 1.77 bits per heavy atom. The fourth-order valence-electron chi connectivity index (χ4n) is 1.92. The van der Waals surface area contributed by atoms with Crippen molar-refractivity contribution in [1.29, 1.82) is 0 Å². The lowest BCUT2D eigenvalue weighted by Crippen LogP contribution is -2.17. The Morgan fingerprint density at radius 2 is 1.50 bits per heavy atom. The summed E-state index contributed by atoms with van der Waals surface area (Å²) in [7, 11) is -3.43. The molecule has 22 heavy (non-hydrogen) atoms. The molecule has 0 aliphatic heterocycles. The van der Waals surface area contributed by atoms with Crippen LogP contribution in [0.1, 0.15) is 47.5 Å². The number of sulfone groups is 1. The fourth-order valence-corrected chi connectivity index (χ4v) is 4.39. The highest BCUT2D eigenvalue weighted by atomic mass is 80.0. The van der Waals surface area contributed by atoms with E-state index in [2.05, 4.69) is 82.4 Å². The van der Waals surface area contributed by atoms with Gasteiger partial charge in [0.1, 0.15) is 0 Å². The van der Waals surface area contributed by atoms with Crippen LogP contribution in [0.4, 0.5) is 0 Å². The summed E-state index contributed by atoms with van der Waals surface area (Å²) < 4.78 is 22.1. The van der Waals surface area contributed by atoms with E-state index < -0.39 is 11.3 Å². The first-order valence-electron chi connectivity index (χ1n) is 7.17. The molecule has 6 heteroatoms. The van der Waals surface area contributed by atoms with Crippen molar-refractivity contribution in [3.05, 3.63) is 30.3 Å². The maximum atomic E-state index is 11.7. The molecule has 1 rings (SSSR count). The van der Waals surface area contributed by atoms with Gasteiger partial charge in [0.2, 0.25) is 11.3 Å². The Morgan fingerprint density at radius 1 is 1.05 bits per heavy atom. The van der Waals surface area contributed by atoms with Crippen LogP contribution in [0.3, 0.4) is 0 Å². The van der Waals surface area contributed by atoms with Crippen molar-refractivity contribution in [3.8, 4) is 0 Å². The molecule has 0 bridgehead atoms. The van der Waals surface area contributed by atoms with Crippen LogP contribution in [0.5, 0.6) is 0 Å². The third kappa shape index (κ3) is 8.46. The number of alkyl halides is 3. The van der Waals surface area contributed by atoms with Gasteiger partial charge in [0.25, 0.3) is 0 Å². The van der Waals surface area contributed by atoms with Crippen LogP contribution >= 0.6 is 47.8 Å². The van der Waals surface area contributed by atoms with Crippen LogP contribution in [0.2, 0.25) is 0 Å². The molecule has 0 amide bonds. The average Bonchev–Trinajstić information content (AvgIpc) is 2.37. The van der Waals surface area contributed by atoms with Crippen LogP contribution in [0.15, 0.2) is 35.2 Å². The van der Waals surface area contributed by atoms with Crippen molar-refractivity contribution >= 4 is 57.6 Å². The molecule has 0 radical (unpaired) electrons. The summed E-state index contributed by atoms with van der Waals surface area (Å²) in [5.74, 6) is 0.894. The van der Waals surface area contributed by atoms with Crippen LogP contribution in [-0.2, 0) is 9.84 Å². The van der Waals surface area contributed by atoms with E-state index in [9.17, 15) is 8.42 Å². The minimum Gasteiger partial charge on any atom is -0.220 e. The first-order valence-corrected chi connectivity index (χ1v) is 11.0. The van der Waals surface area contributed by atoms with Gasteiger partial charge in [-0.05, 0) is 77.7 Å². The van der Waals surface area contributed by atoms with E-state index in [-0.39, 0.29) is 4.90 Å². The Bertz CT molecular complexity index is 529. The van der Waals surface area contributed by atoms with Crippen LogP contribution in [-0.4, -0.2) is 9.89 Å². The number of hydrogen-bond donors (Lipinski definition) is 0. The second-order valence-corrected chi connectivity index (χ2v) is 17.0. The first-order chi connectivity index (χ1) is 9.81. The maximum absolute atomic E-state index is 11.7. The third-order valence-corrected chi connectivity index (χ3v) is 8.35. The van der Waals surface area contributed by atoms with Gasteiger partial charge >= 0.3 is 0 Å². The van der Waals surface area contributed by atoms with Crippen LogP contribution in [0.25, 0.3) is 0 Å². The SMILES string of the molecule is CCC(C)CC(C)(C)C.O=S(=O)(c1ccccc1)C(Br)(Br)Br. The van der Waals surface area contributed by atoms with Gasteiger partial charge < -0.3 is 0 Å². The monoisotopic (exact) mass is 518 g/mol. The summed E-state index contributed by atoms with van der Waals surface area (Å²) in [4.78, 5) is 0.251. The van der Waals surface area contributed by atoms with Gasteiger partial charge in [-0.2, -0.15) is 0 Å². The zero-order chi connectivity index (χ0) is 17.6. The number of hydrogen-bond acceptors (Lipinski definition) is 2. The molecular formula is C16H25Br3O2S. The number of rotatable bonds is 3. The average molecular weight is 521 g/mol. The highest BCUT2D eigenvalue weighted by Crippen LogP contribution is 2.42. The Kier molecular flexibility index (Phi) is 9.44. The molecule has 0 heterocycles. The Labute approximate surface area is 160 Å². The number of halogens is 3. The van der Waals surface area contributed by atoms with Crippen LogP contribution < -0.4 is 0 Å². The standard InChI is InChI=1S/C9H20.C7H5Br3O2S/c1-6-8(2)7-9(3,4)5;8-7(9,10)13(11,12)6-4-2-1-3-5-6/h8H,6-7H2,1-5H3;1-5H. The van der Waals surface area contributed by atoms with Crippen molar-refractivity contribution in [3.63, 3.8) is 0 Å². The lowest BCUT2D eigenvalue weighted by atomic mass is 9.84. The third-order valence-electron chi connectivity index (χ3n) is 3.02. The Balaban J connectivity index is 0.000000433. The fraction of sp³-hybridized carbons (Fsp3) is 0.625. The summed E-state index contributed by atoms with van der Waals surface area (Å²) in [5.41, 5.74) is 0.523. The van der Waals surface area contributed by atoms with E-state index >= 15 is 0 Å². The minimum atomic E-state index is -3.43. The van der Waals surface area contributed by atoms with Crippen molar-refractivity contribution < 1.29 is 8.42 Å². The predicted molar refractivity (Wildman–Crippen MR) is 107 cm³/mol.